The van der Waals surface area contributed by atoms with Crippen LogP contribution in [-0.2, 0) is 10.2 Å². The first-order valence-corrected chi connectivity index (χ1v) is 7.59. The third-order valence-corrected chi connectivity index (χ3v) is 4.48. The van der Waals surface area contributed by atoms with Gasteiger partial charge in [0.1, 0.15) is 0 Å². The molecule has 1 heterocycles. The lowest BCUT2D eigenvalue weighted by Crippen LogP contribution is -2.36. The molecule has 0 saturated heterocycles. The lowest BCUT2D eigenvalue weighted by molar-refractivity contribution is -0.123. The summed E-state index contributed by atoms with van der Waals surface area (Å²) in [7, 11) is 0. The molecule has 5 heteroatoms. The molecule has 1 aromatic carbocycles. The van der Waals surface area contributed by atoms with Gasteiger partial charge in [0.25, 0.3) is 0 Å². The molecule has 2 aromatic rings. The molecule has 21 heavy (non-hydrogen) atoms. The maximum Gasteiger partial charge on any atom is 0.232 e. The minimum Gasteiger partial charge on any atom is -0.356 e. The summed E-state index contributed by atoms with van der Waals surface area (Å²) in [5.74, 6) is 0.771. The van der Waals surface area contributed by atoms with Crippen molar-refractivity contribution < 1.29 is 9.32 Å². The third-order valence-electron chi connectivity index (χ3n) is 4.23. The van der Waals surface area contributed by atoms with E-state index in [0.717, 1.165) is 36.9 Å². The molecule has 4 rings (SSSR count). The molecular weight excluding hydrogens is 288 g/mol. The van der Waals surface area contributed by atoms with Gasteiger partial charge >= 0.3 is 0 Å². The van der Waals surface area contributed by atoms with Gasteiger partial charge < -0.3 is 9.84 Å². The number of halogens is 1. The molecule has 1 N–H and O–H groups in total. The third kappa shape index (κ3) is 2.33. The first kappa shape index (κ1) is 12.9. The standard InChI is InChI=1S/C16H15ClN2O2/c17-11-3-1-10(2-4-11)13-9-14(19-21-13)16(7-8-16)15(20)18-12-5-6-12/h1-4,9,12H,5-8H2,(H,18,20). The van der Waals surface area contributed by atoms with Crippen molar-refractivity contribution in [2.24, 2.45) is 0 Å². The van der Waals surface area contributed by atoms with Gasteiger partial charge in [-0.2, -0.15) is 0 Å². The van der Waals surface area contributed by atoms with E-state index in [0.29, 0.717) is 16.8 Å². The van der Waals surface area contributed by atoms with E-state index in [9.17, 15) is 4.79 Å². The molecule has 1 amide bonds. The van der Waals surface area contributed by atoms with Gasteiger partial charge in [0.05, 0.1) is 11.1 Å². The lowest BCUT2D eigenvalue weighted by atomic mass is 10.0. The van der Waals surface area contributed by atoms with E-state index in [1.165, 1.54) is 0 Å². The van der Waals surface area contributed by atoms with E-state index in [2.05, 4.69) is 10.5 Å². The van der Waals surface area contributed by atoms with Crippen molar-refractivity contribution in [2.45, 2.75) is 37.1 Å². The van der Waals surface area contributed by atoms with Gasteiger partial charge in [-0.15, -0.1) is 0 Å². The molecule has 2 fully saturated rings. The Morgan fingerprint density at radius 2 is 2.00 bits per heavy atom. The number of amides is 1. The molecule has 0 atom stereocenters. The first-order chi connectivity index (χ1) is 10.2. The number of carbonyl (C=O) groups excluding carboxylic acids is 1. The zero-order valence-corrected chi connectivity index (χ0v) is 12.2. The number of nitrogens with zero attached hydrogens (tertiary/aromatic N) is 1. The predicted molar refractivity (Wildman–Crippen MR) is 79.0 cm³/mol. The molecule has 1 aromatic heterocycles. The molecule has 108 valence electrons. The Morgan fingerprint density at radius 1 is 1.29 bits per heavy atom. The number of aromatic nitrogens is 1. The Balaban J connectivity index is 1.59. The van der Waals surface area contributed by atoms with Crippen molar-refractivity contribution in [3.63, 3.8) is 0 Å². The van der Waals surface area contributed by atoms with Gasteiger partial charge in [-0.3, -0.25) is 4.79 Å². The van der Waals surface area contributed by atoms with Crippen molar-refractivity contribution in [3.8, 4) is 11.3 Å². The van der Waals surface area contributed by atoms with E-state index in [-0.39, 0.29) is 5.91 Å². The number of carbonyl (C=O) groups is 1. The number of hydrogen-bond acceptors (Lipinski definition) is 3. The Hall–Kier alpha value is -1.81. The molecule has 0 aliphatic heterocycles. The van der Waals surface area contributed by atoms with Crippen molar-refractivity contribution in [1.29, 1.82) is 0 Å². The van der Waals surface area contributed by atoms with Crippen LogP contribution in [0.5, 0.6) is 0 Å². The highest BCUT2D eigenvalue weighted by Crippen LogP contribution is 2.49. The quantitative estimate of drug-likeness (QED) is 0.942. The fraction of sp³-hybridized carbons (Fsp3) is 0.375. The minimum absolute atomic E-state index is 0.0981. The van der Waals surface area contributed by atoms with E-state index in [4.69, 9.17) is 16.1 Å². The maximum absolute atomic E-state index is 12.4. The summed E-state index contributed by atoms with van der Waals surface area (Å²) in [4.78, 5) is 12.4. The van der Waals surface area contributed by atoms with Crippen LogP contribution in [-0.4, -0.2) is 17.1 Å². The second-order valence-corrected chi connectivity index (χ2v) is 6.35. The number of hydrogen-bond donors (Lipinski definition) is 1. The van der Waals surface area contributed by atoms with Crippen LogP contribution in [0.3, 0.4) is 0 Å². The van der Waals surface area contributed by atoms with Crippen LogP contribution < -0.4 is 5.32 Å². The highest BCUT2D eigenvalue weighted by molar-refractivity contribution is 6.30. The average Bonchev–Trinajstić information content (AvgIpc) is 3.40. The molecule has 0 bridgehead atoms. The van der Waals surface area contributed by atoms with Crippen LogP contribution in [0, 0.1) is 0 Å². The van der Waals surface area contributed by atoms with Crippen molar-refractivity contribution in [2.75, 3.05) is 0 Å². The van der Waals surface area contributed by atoms with Crippen molar-refractivity contribution in [1.82, 2.24) is 10.5 Å². The van der Waals surface area contributed by atoms with E-state index >= 15 is 0 Å². The SMILES string of the molecule is O=C(NC1CC1)C1(c2cc(-c3ccc(Cl)cc3)on2)CC1. The van der Waals surface area contributed by atoms with Crippen LogP contribution in [0.15, 0.2) is 34.9 Å². The molecule has 0 radical (unpaired) electrons. The summed E-state index contributed by atoms with van der Waals surface area (Å²) in [6.45, 7) is 0. The monoisotopic (exact) mass is 302 g/mol. The van der Waals surface area contributed by atoms with E-state index in [1.54, 1.807) is 0 Å². The number of nitrogens with one attached hydrogen (secondary N) is 1. The fourth-order valence-corrected chi connectivity index (χ4v) is 2.65. The van der Waals surface area contributed by atoms with Gasteiger partial charge in [0.2, 0.25) is 5.91 Å². The zero-order valence-electron chi connectivity index (χ0n) is 11.4. The van der Waals surface area contributed by atoms with Gasteiger partial charge in [0.15, 0.2) is 5.76 Å². The minimum atomic E-state index is -0.462. The van der Waals surface area contributed by atoms with Gasteiger partial charge in [0, 0.05) is 22.7 Å². The molecular formula is C16H15ClN2O2. The van der Waals surface area contributed by atoms with Crippen molar-refractivity contribution >= 4 is 17.5 Å². The fourth-order valence-electron chi connectivity index (χ4n) is 2.53. The summed E-state index contributed by atoms with van der Waals surface area (Å²) in [5, 5.41) is 7.88. The maximum atomic E-state index is 12.4. The van der Waals surface area contributed by atoms with E-state index in [1.807, 2.05) is 30.3 Å². The Morgan fingerprint density at radius 3 is 2.62 bits per heavy atom. The van der Waals surface area contributed by atoms with Gasteiger partial charge in [-0.25, -0.2) is 0 Å². The molecule has 0 unspecified atom stereocenters. The zero-order chi connectivity index (χ0) is 14.4. The summed E-state index contributed by atoms with van der Waals surface area (Å²) < 4.78 is 5.41. The van der Waals surface area contributed by atoms with Crippen molar-refractivity contribution in [3.05, 3.63) is 41.0 Å². The van der Waals surface area contributed by atoms with Crippen LogP contribution in [0.2, 0.25) is 5.02 Å². The Bertz CT molecular complexity index is 685. The van der Waals surface area contributed by atoms with Crippen LogP contribution in [0.1, 0.15) is 31.4 Å². The van der Waals surface area contributed by atoms with Crippen LogP contribution in [0.4, 0.5) is 0 Å². The second-order valence-electron chi connectivity index (χ2n) is 5.91. The first-order valence-electron chi connectivity index (χ1n) is 7.21. The molecule has 2 aliphatic carbocycles. The predicted octanol–water partition coefficient (Wildman–Crippen LogP) is 3.31. The van der Waals surface area contributed by atoms with Crippen LogP contribution in [0.25, 0.3) is 11.3 Å². The molecule has 2 aliphatic rings. The number of benzene rings is 1. The van der Waals surface area contributed by atoms with Gasteiger partial charge in [-0.1, -0.05) is 16.8 Å². The smallest absolute Gasteiger partial charge is 0.232 e. The highest BCUT2D eigenvalue weighted by Gasteiger charge is 2.54. The van der Waals surface area contributed by atoms with Gasteiger partial charge in [-0.05, 0) is 49.9 Å². The molecule has 0 spiro atoms. The summed E-state index contributed by atoms with van der Waals surface area (Å²) in [6.07, 6.45) is 3.88. The lowest BCUT2D eigenvalue weighted by Gasteiger charge is -2.11. The highest BCUT2D eigenvalue weighted by atomic mass is 35.5. The Kier molecular flexibility index (Phi) is 2.82. The summed E-state index contributed by atoms with van der Waals surface area (Å²) >= 11 is 5.88. The Labute approximate surface area is 127 Å². The summed E-state index contributed by atoms with van der Waals surface area (Å²) in [5.41, 5.74) is 1.19. The van der Waals surface area contributed by atoms with E-state index < -0.39 is 5.41 Å². The largest absolute Gasteiger partial charge is 0.356 e. The molecule has 2 saturated carbocycles. The second kappa shape index (κ2) is 4.60. The normalized spacial score (nSPS) is 19.3. The average molecular weight is 303 g/mol. The molecule has 4 nitrogen and oxygen atoms in total. The topological polar surface area (TPSA) is 55.1 Å². The summed E-state index contributed by atoms with van der Waals surface area (Å²) in [6, 6.07) is 9.64. The number of rotatable bonds is 4. The van der Waals surface area contributed by atoms with Crippen LogP contribution >= 0.6 is 11.6 Å².